The second-order valence-corrected chi connectivity index (χ2v) is 5.35. The van der Waals surface area contributed by atoms with Crippen LogP contribution in [0.3, 0.4) is 0 Å². The van der Waals surface area contributed by atoms with E-state index in [0.717, 1.165) is 5.69 Å². The monoisotopic (exact) mass is 341 g/mol. The minimum atomic E-state index is -0.306. The van der Waals surface area contributed by atoms with Crippen LogP contribution in [0, 0.1) is 18.2 Å². The highest BCUT2D eigenvalue weighted by Gasteiger charge is 2.11. The van der Waals surface area contributed by atoms with Gasteiger partial charge in [-0.2, -0.15) is 0 Å². The van der Waals surface area contributed by atoms with Crippen molar-refractivity contribution in [3.63, 3.8) is 0 Å². The lowest BCUT2D eigenvalue weighted by atomic mass is 10.2. The van der Waals surface area contributed by atoms with E-state index in [1.165, 1.54) is 12.1 Å². The van der Waals surface area contributed by atoms with E-state index in [4.69, 9.17) is 15.9 Å². The van der Waals surface area contributed by atoms with Crippen molar-refractivity contribution in [3.8, 4) is 23.8 Å². The number of anilines is 1. The van der Waals surface area contributed by atoms with Crippen LogP contribution in [0.4, 0.5) is 10.1 Å². The van der Waals surface area contributed by atoms with Crippen LogP contribution in [0.2, 0.25) is 0 Å². The van der Waals surface area contributed by atoms with Crippen molar-refractivity contribution >= 4 is 11.6 Å². The first-order chi connectivity index (χ1) is 12.1. The van der Waals surface area contributed by atoms with E-state index in [1.54, 1.807) is 48.3 Å². The first kappa shape index (κ1) is 18.3. The zero-order valence-electron chi connectivity index (χ0n) is 14.1. The molecule has 0 aromatic heterocycles. The van der Waals surface area contributed by atoms with E-state index < -0.39 is 0 Å². The number of halogens is 1. The number of ether oxygens (including phenoxy) is 2. The summed E-state index contributed by atoms with van der Waals surface area (Å²) < 4.78 is 23.6. The standard InChI is InChI=1S/C20H20FNO3/c1-3-14-24-19-12-8-17(9-13-19)22(2)20(23)5-4-15-25-18-10-6-16(21)7-11-18/h1,6-13H,4-5,14-15H2,2H3. The lowest BCUT2D eigenvalue weighted by Crippen LogP contribution is -2.26. The van der Waals surface area contributed by atoms with Gasteiger partial charge >= 0.3 is 0 Å². The van der Waals surface area contributed by atoms with Crippen molar-refractivity contribution in [2.75, 3.05) is 25.2 Å². The van der Waals surface area contributed by atoms with Gasteiger partial charge in [-0.1, -0.05) is 5.92 Å². The summed E-state index contributed by atoms with van der Waals surface area (Å²) in [6, 6.07) is 13.0. The molecule has 0 unspecified atom stereocenters. The SMILES string of the molecule is C#CCOc1ccc(N(C)C(=O)CCCOc2ccc(F)cc2)cc1. The molecule has 4 nitrogen and oxygen atoms in total. The Hall–Kier alpha value is -3.00. The average Bonchev–Trinajstić information content (AvgIpc) is 2.64. The van der Waals surface area contributed by atoms with Crippen LogP contribution in [0.25, 0.3) is 0 Å². The molecule has 1 amide bonds. The van der Waals surface area contributed by atoms with Crippen LogP contribution >= 0.6 is 0 Å². The smallest absolute Gasteiger partial charge is 0.226 e. The van der Waals surface area contributed by atoms with Crippen molar-refractivity contribution < 1.29 is 18.7 Å². The van der Waals surface area contributed by atoms with Crippen LogP contribution in [-0.2, 0) is 4.79 Å². The minimum Gasteiger partial charge on any atom is -0.494 e. The van der Waals surface area contributed by atoms with E-state index in [0.29, 0.717) is 30.9 Å². The number of carbonyl (C=O) groups is 1. The number of hydrogen-bond acceptors (Lipinski definition) is 3. The molecule has 0 aliphatic heterocycles. The molecule has 0 atom stereocenters. The largest absolute Gasteiger partial charge is 0.494 e. The number of nitrogens with zero attached hydrogens (tertiary/aromatic N) is 1. The van der Waals surface area contributed by atoms with Gasteiger partial charge in [0.1, 0.15) is 23.9 Å². The zero-order valence-corrected chi connectivity index (χ0v) is 14.1. The molecule has 0 N–H and O–H groups in total. The molecule has 2 aromatic rings. The van der Waals surface area contributed by atoms with Gasteiger partial charge in [0.05, 0.1) is 6.61 Å². The zero-order chi connectivity index (χ0) is 18.1. The predicted octanol–water partition coefficient (Wildman–Crippen LogP) is 3.66. The Bertz CT molecular complexity index is 720. The molecule has 5 heteroatoms. The summed E-state index contributed by atoms with van der Waals surface area (Å²) in [5, 5.41) is 0. The molecule has 0 bridgehead atoms. The third-order valence-corrected chi connectivity index (χ3v) is 3.54. The summed E-state index contributed by atoms with van der Waals surface area (Å²) in [6.07, 6.45) is 6.07. The normalized spacial score (nSPS) is 9.96. The third kappa shape index (κ3) is 5.85. The van der Waals surface area contributed by atoms with Gasteiger partial charge in [0.2, 0.25) is 5.91 Å². The molecule has 0 aliphatic carbocycles. The van der Waals surface area contributed by atoms with Crippen molar-refractivity contribution in [2.24, 2.45) is 0 Å². The van der Waals surface area contributed by atoms with Gasteiger partial charge in [0, 0.05) is 19.2 Å². The van der Waals surface area contributed by atoms with Gasteiger partial charge in [-0.3, -0.25) is 4.79 Å². The number of benzene rings is 2. The first-order valence-electron chi connectivity index (χ1n) is 7.91. The Labute approximate surface area is 147 Å². The molecule has 130 valence electrons. The maximum absolute atomic E-state index is 12.8. The molecule has 0 radical (unpaired) electrons. The molecule has 0 aliphatic rings. The highest BCUT2D eigenvalue weighted by atomic mass is 19.1. The van der Waals surface area contributed by atoms with E-state index in [1.807, 2.05) is 0 Å². The van der Waals surface area contributed by atoms with Crippen molar-refractivity contribution in [3.05, 3.63) is 54.3 Å². The number of hydrogen-bond donors (Lipinski definition) is 0. The highest BCUT2D eigenvalue weighted by Crippen LogP contribution is 2.19. The van der Waals surface area contributed by atoms with E-state index in [-0.39, 0.29) is 18.3 Å². The fourth-order valence-corrected chi connectivity index (χ4v) is 2.15. The first-order valence-corrected chi connectivity index (χ1v) is 7.91. The molecule has 2 aromatic carbocycles. The maximum atomic E-state index is 12.8. The summed E-state index contributed by atoms with van der Waals surface area (Å²) in [6.45, 7) is 0.603. The number of carbonyl (C=O) groups excluding carboxylic acids is 1. The quantitative estimate of drug-likeness (QED) is 0.543. The van der Waals surface area contributed by atoms with Gasteiger partial charge in [-0.05, 0) is 55.0 Å². The van der Waals surface area contributed by atoms with E-state index in [2.05, 4.69) is 5.92 Å². The number of terminal acetylenes is 1. The van der Waals surface area contributed by atoms with Crippen LogP contribution in [-0.4, -0.2) is 26.2 Å². The lowest BCUT2D eigenvalue weighted by molar-refractivity contribution is -0.118. The Kier molecular flexibility index (Phi) is 6.85. The van der Waals surface area contributed by atoms with Gasteiger partial charge in [0.15, 0.2) is 0 Å². The second kappa shape index (κ2) is 9.33. The summed E-state index contributed by atoms with van der Waals surface area (Å²) in [4.78, 5) is 13.8. The predicted molar refractivity (Wildman–Crippen MR) is 95.3 cm³/mol. The molecule has 0 fully saturated rings. The summed E-state index contributed by atoms with van der Waals surface area (Å²) in [7, 11) is 1.72. The number of rotatable bonds is 8. The van der Waals surface area contributed by atoms with Crippen LogP contribution < -0.4 is 14.4 Å². The highest BCUT2D eigenvalue weighted by molar-refractivity contribution is 5.92. The fourth-order valence-electron chi connectivity index (χ4n) is 2.15. The maximum Gasteiger partial charge on any atom is 0.226 e. The van der Waals surface area contributed by atoms with E-state index >= 15 is 0 Å². The van der Waals surface area contributed by atoms with Crippen molar-refractivity contribution in [2.45, 2.75) is 12.8 Å². The summed E-state index contributed by atoms with van der Waals surface area (Å²) >= 11 is 0. The molecule has 0 spiro atoms. The topological polar surface area (TPSA) is 38.8 Å². The van der Waals surface area contributed by atoms with E-state index in [9.17, 15) is 9.18 Å². The summed E-state index contributed by atoms with van der Waals surface area (Å²) in [5.74, 6) is 3.33. The van der Waals surface area contributed by atoms with Gasteiger partial charge in [0.25, 0.3) is 0 Å². The van der Waals surface area contributed by atoms with Gasteiger partial charge in [-0.15, -0.1) is 6.42 Å². The molecule has 0 saturated heterocycles. The molecule has 2 rings (SSSR count). The van der Waals surface area contributed by atoms with Crippen molar-refractivity contribution in [1.29, 1.82) is 0 Å². The molecular weight excluding hydrogens is 321 g/mol. The van der Waals surface area contributed by atoms with Crippen LogP contribution in [0.15, 0.2) is 48.5 Å². The Morgan fingerprint density at radius 3 is 2.32 bits per heavy atom. The Morgan fingerprint density at radius 2 is 1.68 bits per heavy atom. The average molecular weight is 341 g/mol. The van der Waals surface area contributed by atoms with Gasteiger partial charge < -0.3 is 14.4 Å². The Morgan fingerprint density at radius 1 is 1.08 bits per heavy atom. The minimum absolute atomic E-state index is 0.0139. The van der Waals surface area contributed by atoms with Gasteiger partial charge in [-0.25, -0.2) is 4.39 Å². The second-order valence-electron chi connectivity index (χ2n) is 5.35. The third-order valence-electron chi connectivity index (χ3n) is 3.54. The van der Waals surface area contributed by atoms with Crippen molar-refractivity contribution in [1.82, 2.24) is 0 Å². The molecule has 0 heterocycles. The van der Waals surface area contributed by atoms with Crippen LogP contribution in [0.5, 0.6) is 11.5 Å². The molecule has 0 saturated carbocycles. The Balaban J connectivity index is 1.76. The number of amides is 1. The lowest BCUT2D eigenvalue weighted by Gasteiger charge is -2.18. The molecular formula is C20H20FNO3. The fraction of sp³-hybridized carbons (Fsp3) is 0.250. The van der Waals surface area contributed by atoms with Crippen LogP contribution in [0.1, 0.15) is 12.8 Å². The molecule has 25 heavy (non-hydrogen) atoms. The summed E-state index contributed by atoms with van der Waals surface area (Å²) in [5.41, 5.74) is 0.775.